The Hall–Kier alpha value is -2.42. The van der Waals surface area contributed by atoms with Crippen LogP contribution in [0.4, 0.5) is 4.79 Å². The zero-order valence-electron chi connectivity index (χ0n) is 16.1. The normalized spacial score (nSPS) is 20.7. The number of carbonyl (C=O) groups excluding carboxylic acids is 2. The first kappa shape index (κ1) is 19.9. The van der Waals surface area contributed by atoms with E-state index in [9.17, 15) is 9.59 Å². The van der Waals surface area contributed by atoms with Gasteiger partial charge in [-0.25, -0.2) is 0 Å². The van der Waals surface area contributed by atoms with Gasteiger partial charge in [-0.15, -0.1) is 0 Å². The largest absolute Gasteiger partial charge is 0.493 e. The lowest BCUT2D eigenvalue weighted by atomic mass is 10.1. The summed E-state index contributed by atoms with van der Waals surface area (Å²) in [5, 5.41) is 1.67. The second-order valence-corrected chi connectivity index (χ2v) is 8.19. The van der Waals surface area contributed by atoms with Crippen molar-refractivity contribution < 1.29 is 23.8 Å². The monoisotopic (exact) mass is 414 g/mol. The number of carbonyl (C=O) groups is 2. The molecule has 2 amide bonds. The molecule has 0 unspecified atom stereocenters. The van der Waals surface area contributed by atoms with Gasteiger partial charge in [-0.2, -0.15) is 0 Å². The minimum atomic E-state index is -0.700. The highest BCUT2D eigenvalue weighted by atomic mass is 32.2. The van der Waals surface area contributed by atoms with E-state index >= 15 is 0 Å². The van der Waals surface area contributed by atoms with E-state index in [0.29, 0.717) is 32.7 Å². The highest BCUT2D eigenvalue weighted by Gasteiger charge is 2.33. The van der Waals surface area contributed by atoms with E-state index in [1.165, 1.54) is 0 Å². The summed E-state index contributed by atoms with van der Waals surface area (Å²) in [4.78, 5) is 27.4. The van der Waals surface area contributed by atoms with Crippen LogP contribution in [-0.2, 0) is 32.9 Å². The van der Waals surface area contributed by atoms with Crippen LogP contribution in [0.5, 0.6) is 5.75 Å². The number of amides is 2. The van der Waals surface area contributed by atoms with Gasteiger partial charge < -0.3 is 14.2 Å². The van der Waals surface area contributed by atoms with Crippen LogP contribution in [0.3, 0.4) is 0 Å². The molecule has 1 aromatic heterocycles. The molecule has 8 heteroatoms. The summed E-state index contributed by atoms with van der Waals surface area (Å²) in [7, 11) is 0. The molecule has 2 saturated heterocycles. The van der Waals surface area contributed by atoms with Crippen LogP contribution < -0.4 is 10.1 Å². The molecule has 2 aliphatic rings. The van der Waals surface area contributed by atoms with Gasteiger partial charge >= 0.3 is 0 Å². The molecular formula is C21H22N2O5S. The SMILES string of the molecule is CC1(c2ccc(CCOc3ccc(C[C@H]4SC(=O)NC4=O)cc3)nc2)OCCO1. The van der Waals surface area contributed by atoms with Crippen molar-refractivity contribution in [2.75, 3.05) is 19.8 Å². The topological polar surface area (TPSA) is 86.8 Å². The molecule has 1 atom stereocenters. The molecule has 4 rings (SSSR count). The van der Waals surface area contributed by atoms with Crippen molar-refractivity contribution in [1.82, 2.24) is 10.3 Å². The van der Waals surface area contributed by atoms with Gasteiger partial charge in [0.2, 0.25) is 5.91 Å². The van der Waals surface area contributed by atoms with Gasteiger partial charge in [0.15, 0.2) is 5.79 Å². The molecule has 1 aromatic carbocycles. The first-order valence-electron chi connectivity index (χ1n) is 9.48. The molecule has 152 valence electrons. The number of nitrogens with one attached hydrogen (secondary N) is 1. The number of benzene rings is 1. The maximum absolute atomic E-state index is 11.6. The van der Waals surface area contributed by atoms with Gasteiger partial charge in [0.25, 0.3) is 5.24 Å². The predicted molar refractivity (Wildman–Crippen MR) is 108 cm³/mol. The maximum atomic E-state index is 11.6. The van der Waals surface area contributed by atoms with E-state index in [1.54, 1.807) is 6.20 Å². The highest BCUT2D eigenvalue weighted by Crippen LogP contribution is 2.30. The highest BCUT2D eigenvalue weighted by molar-refractivity contribution is 8.15. The third-order valence-corrected chi connectivity index (χ3v) is 5.91. The van der Waals surface area contributed by atoms with Crippen LogP contribution in [0.15, 0.2) is 42.6 Å². The van der Waals surface area contributed by atoms with Crippen molar-refractivity contribution >= 4 is 22.9 Å². The molecule has 3 heterocycles. The number of hydrogen-bond donors (Lipinski definition) is 1. The zero-order valence-corrected chi connectivity index (χ0v) is 16.9. The molecule has 2 fully saturated rings. The summed E-state index contributed by atoms with van der Waals surface area (Å²) in [5.41, 5.74) is 2.83. The van der Waals surface area contributed by atoms with Gasteiger partial charge in [0, 0.05) is 23.9 Å². The summed E-state index contributed by atoms with van der Waals surface area (Å²) in [6.45, 7) is 3.59. The van der Waals surface area contributed by atoms with Crippen LogP contribution in [0.25, 0.3) is 0 Å². The third-order valence-electron chi connectivity index (χ3n) is 4.93. The molecule has 2 aromatic rings. The second-order valence-electron chi connectivity index (χ2n) is 7.01. The number of rotatable bonds is 7. The van der Waals surface area contributed by atoms with E-state index in [1.807, 2.05) is 43.3 Å². The van der Waals surface area contributed by atoms with E-state index < -0.39 is 5.79 Å². The van der Waals surface area contributed by atoms with Gasteiger partial charge in [-0.05, 0) is 37.1 Å². The summed E-state index contributed by atoms with van der Waals surface area (Å²) < 4.78 is 17.1. The van der Waals surface area contributed by atoms with Crippen molar-refractivity contribution in [2.45, 2.75) is 30.8 Å². The molecule has 0 radical (unpaired) electrons. The lowest BCUT2D eigenvalue weighted by molar-refractivity contribution is -0.150. The second kappa shape index (κ2) is 8.52. The Bertz CT molecular complexity index is 879. The van der Waals surface area contributed by atoms with Crippen molar-refractivity contribution in [1.29, 1.82) is 0 Å². The van der Waals surface area contributed by atoms with Crippen LogP contribution in [0.1, 0.15) is 23.7 Å². The number of pyridine rings is 1. The molecule has 1 N–H and O–H groups in total. The Balaban J connectivity index is 1.25. The average molecular weight is 414 g/mol. The number of hydrogen-bond acceptors (Lipinski definition) is 7. The van der Waals surface area contributed by atoms with Crippen LogP contribution >= 0.6 is 11.8 Å². The molecular weight excluding hydrogens is 392 g/mol. The summed E-state index contributed by atoms with van der Waals surface area (Å²) in [6, 6.07) is 11.5. The zero-order chi connectivity index (χ0) is 20.3. The first-order valence-corrected chi connectivity index (χ1v) is 10.4. The van der Waals surface area contributed by atoms with Crippen molar-refractivity contribution in [3.63, 3.8) is 0 Å². The molecule has 0 spiro atoms. The Morgan fingerprint density at radius 1 is 1.17 bits per heavy atom. The Labute approximate surface area is 173 Å². The molecule has 29 heavy (non-hydrogen) atoms. The smallest absolute Gasteiger partial charge is 0.286 e. The number of thioether (sulfide) groups is 1. The summed E-state index contributed by atoms with van der Waals surface area (Å²) in [6.07, 6.45) is 2.99. The van der Waals surface area contributed by atoms with Gasteiger partial charge in [0.05, 0.1) is 25.1 Å². The fraction of sp³-hybridized carbons (Fsp3) is 0.381. The summed E-state index contributed by atoms with van der Waals surface area (Å²) in [5.74, 6) is -0.168. The fourth-order valence-corrected chi connectivity index (χ4v) is 4.12. The third kappa shape index (κ3) is 4.77. The standard InChI is InChI=1S/C21H22N2O5S/c1-21(27-10-11-28-21)15-4-5-16(22-13-15)8-9-26-17-6-2-14(3-7-17)12-18-19(24)23-20(25)29-18/h2-7,13,18H,8-12H2,1H3,(H,23,24,25)/t18-/m1/s1. The molecule has 7 nitrogen and oxygen atoms in total. The Morgan fingerprint density at radius 3 is 2.55 bits per heavy atom. The summed E-state index contributed by atoms with van der Waals surface area (Å²) >= 11 is 1.04. The van der Waals surface area contributed by atoms with Crippen molar-refractivity contribution in [2.24, 2.45) is 0 Å². The van der Waals surface area contributed by atoms with Crippen molar-refractivity contribution in [3.05, 3.63) is 59.4 Å². The number of imide groups is 1. The molecule has 0 aliphatic carbocycles. The minimum absolute atomic E-state index is 0.223. The van der Waals surface area contributed by atoms with Crippen LogP contribution in [0.2, 0.25) is 0 Å². The Morgan fingerprint density at radius 2 is 1.93 bits per heavy atom. The van der Waals surface area contributed by atoms with Gasteiger partial charge in [-0.1, -0.05) is 30.0 Å². The van der Waals surface area contributed by atoms with Crippen LogP contribution in [-0.4, -0.2) is 41.2 Å². The minimum Gasteiger partial charge on any atom is -0.493 e. The lowest BCUT2D eigenvalue weighted by Gasteiger charge is -2.22. The number of ether oxygens (including phenoxy) is 3. The van der Waals surface area contributed by atoms with E-state index in [2.05, 4.69) is 10.3 Å². The predicted octanol–water partition coefficient (Wildman–Crippen LogP) is 2.82. The number of nitrogens with zero attached hydrogens (tertiary/aromatic N) is 1. The quantitative estimate of drug-likeness (QED) is 0.745. The van der Waals surface area contributed by atoms with Gasteiger partial charge in [0.1, 0.15) is 5.75 Å². The average Bonchev–Trinajstić information content (AvgIpc) is 3.29. The molecule has 0 saturated carbocycles. The van der Waals surface area contributed by atoms with Crippen molar-refractivity contribution in [3.8, 4) is 5.75 Å². The first-order chi connectivity index (χ1) is 14.0. The van der Waals surface area contributed by atoms with E-state index in [-0.39, 0.29) is 16.4 Å². The van der Waals surface area contributed by atoms with Crippen LogP contribution in [0, 0.1) is 0 Å². The molecule has 2 aliphatic heterocycles. The Kier molecular flexibility index (Phi) is 5.84. The van der Waals surface area contributed by atoms with E-state index in [4.69, 9.17) is 14.2 Å². The maximum Gasteiger partial charge on any atom is 0.286 e. The fourth-order valence-electron chi connectivity index (χ4n) is 3.26. The molecule has 0 bridgehead atoms. The lowest BCUT2D eigenvalue weighted by Crippen LogP contribution is -2.25. The number of aromatic nitrogens is 1. The van der Waals surface area contributed by atoms with E-state index in [0.717, 1.165) is 34.3 Å². The van der Waals surface area contributed by atoms with Gasteiger partial charge in [-0.3, -0.25) is 19.9 Å².